The number of pyridine rings is 1. The molecule has 0 saturated heterocycles. The first-order valence-electron chi connectivity index (χ1n) is 9.62. The highest BCUT2D eigenvalue weighted by atomic mass is 16.5. The first-order valence-corrected chi connectivity index (χ1v) is 9.62. The van der Waals surface area contributed by atoms with E-state index in [1.165, 1.54) is 0 Å². The van der Waals surface area contributed by atoms with E-state index in [1.807, 2.05) is 18.2 Å². The van der Waals surface area contributed by atoms with Gasteiger partial charge in [-0.25, -0.2) is 9.78 Å². The summed E-state index contributed by atoms with van der Waals surface area (Å²) in [5.74, 6) is -1.26. The smallest absolute Gasteiger partial charge is 0.347 e. The van der Waals surface area contributed by atoms with Crippen molar-refractivity contribution >= 4 is 45.5 Å². The molecule has 0 bridgehead atoms. The number of carbonyl (C=O) groups is 2. The molecule has 3 aromatic heterocycles. The summed E-state index contributed by atoms with van der Waals surface area (Å²) in [5, 5.41) is 11.6. The number of nitrogens with one attached hydrogen (secondary N) is 3. The zero-order valence-electron chi connectivity index (χ0n) is 16.4. The van der Waals surface area contributed by atoms with Crippen molar-refractivity contribution in [3.63, 3.8) is 0 Å². The molecule has 31 heavy (non-hydrogen) atoms. The van der Waals surface area contributed by atoms with Gasteiger partial charge in [-0.05, 0) is 43.3 Å². The fourth-order valence-corrected chi connectivity index (χ4v) is 3.39. The average molecular weight is 415 g/mol. The zero-order valence-corrected chi connectivity index (χ0v) is 16.4. The van der Waals surface area contributed by atoms with E-state index >= 15 is 0 Å². The summed E-state index contributed by atoms with van der Waals surface area (Å²) in [5.41, 5.74) is 2.72. The summed E-state index contributed by atoms with van der Waals surface area (Å²) in [6.07, 6.45) is 6.66. The minimum Gasteiger partial charge on any atom is -0.462 e. The predicted molar refractivity (Wildman–Crippen MR) is 114 cm³/mol. The largest absolute Gasteiger partial charge is 0.462 e. The lowest BCUT2D eigenvalue weighted by molar-refractivity contribution is -0.139. The molecule has 0 radical (unpaired) electrons. The molecule has 0 unspecified atom stereocenters. The molecule has 4 heterocycles. The number of nitrogens with zero attached hydrogens (tertiary/aromatic N) is 2. The van der Waals surface area contributed by atoms with E-state index in [1.54, 1.807) is 43.7 Å². The quantitative estimate of drug-likeness (QED) is 0.260. The highest BCUT2D eigenvalue weighted by Gasteiger charge is 2.37. The van der Waals surface area contributed by atoms with Crippen LogP contribution in [0.3, 0.4) is 0 Å². The van der Waals surface area contributed by atoms with Crippen molar-refractivity contribution < 1.29 is 19.1 Å². The second-order valence-electron chi connectivity index (χ2n) is 6.80. The maximum absolute atomic E-state index is 13.0. The van der Waals surface area contributed by atoms with E-state index in [0.717, 1.165) is 21.9 Å². The van der Waals surface area contributed by atoms with Crippen LogP contribution >= 0.6 is 0 Å². The van der Waals surface area contributed by atoms with Gasteiger partial charge >= 0.3 is 5.97 Å². The number of benzene rings is 1. The van der Waals surface area contributed by atoms with Crippen LogP contribution in [-0.4, -0.2) is 38.5 Å². The van der Waals surface area contributed by atoms with Gasteiger partial charge in [0.15, 0.2) is 11.3 Å². The summed E-state index contributed by atoms with van der Waals surface area (Å²) < 4.78 is 10.9. The molecule has 9 heteroatoms. The standard InChI is InChI=1S/C22H17N5O4/c1-2-30-22(29)18-19(28)17(9-12-10-24-20-15(12)4-3-7-23-20)31-21(18)26-14-5-6-16-13(8-14)11-25-27-16/h3-11,26H,2H2,1H3,(H,23,24)(H,25,27). The molecule has 0 saturated carbocycles. The van der Waals surface area contributed by atoms with E-state index in [0.29, 0.717) is 11.3 Å². The minimum absolute atomic E-state index is 0.0136. The highest BCUT2D eigenvalue weighted by Crippen LogP contribution is 2.30. The number of rotatable bonds is 5. The number of Topliss-reactive ketones (excluding diaryl/α,β-unsaturated/α-hetero) is 1. The Hall–Kier alpha value is -4.40. The van der Waals surface area contributed by atoms with E-state index in [4.69, 9.17) is 9.47 Å². The Morgan fingerprint density at radius 1 is 1.32 bits per heavy atom. The van der Waals surface area contributed by atoms with Gasteiger partial charge in [0.05, 0.1) is 18.3 Å². The Labute approximate surface area is 175 Å². The Morgan fingerprint density at radius 2 is 2.23 bits per heavy atom. The van der Waals surface area contributed by atoms with Crippen LogP contribution in [-0.2, 0) is 19.1 Å². The number of anilines is 1. The molecule has 1 aliphatic heterocycles. The lowest BCUT2D eigenvalue weighted by Crippen LogP contribution is -2.16. The summed E-state index contributed by atoms with van der Waals surface area (Å²) >= 11 is 0. The lowest BCUT2D eigenvalue weighted by Gasteiger charge is -2.09. The molecule has 0 atom stereocenters. The van der Waals surface area contributed by atoms with Gasteiger partial charge in [-0.1, -0.05) is 0 Å². The molecule has 5 rings (SSSR count). The van der Waals surface area contributed by atoms with Crippen molar-refractivity contribution in [1.82, 2.24) is 20.2 Å². The second-order valence-corrected chi connectivity index (χ2v) is 6.80. The van der Waals surface area contributed by atoms with Gasteiger partial charge in [0.25, 0.3) is 0 Å². The number of hydrogen-bond acceptors (Lipinski definition) is 7. The minimum atomic E-state index is -0.747. The Kier molecular flexibility index (Phi) is 4.47. The van der Waals surface area contributed by atoms with Crippen molar-refractivity contribution in [2.45, 2.75) is 6.92 Å². The fraction of sp³-hybridized carbons (Fsp3) is 0.0909. The van der Waals surface area contributed by atoms with Gasteiger partial charge in [0, 0.05) is 34.4 Å². The first kappa shape index (κ1) is 18.6. The molecule has 1 aliphatic rings. The van der Waals surface area contributed by atoms with Gasteiger partial charge in [0.1, 0.15) is 5.65 Å². The SMILES string of the molecule is CCOC(=O)C1=C(Nc2ccc3[nH]ncc3c2)OC(=Cc2c[nH]c3ncccc23)C1=O. The Bertz CT molecular complexity index is 1400. The van der Waals surface area contributed by atoms with E-state index in [2.05, 4.69) is 25.5 Å². The Morgan fingerprint density at radius 3 is 3.10 bits per heavy atom. The van der Waals surface area contributed by atoms with Crippen molar-refractivity contribution in [1.29, 1.82) is 0 Å². The van der Waals surface area contributed by atoms with Crippen LogP contribution in [0.5, 0.6) is 0 Å². The molecule has 9 nitrogen and oxygen atoms in total. The van der Waals surface area contributed by atoms with Gasteiger partial charge in [0.2, 0.25) is 11.7 Å². The molecule has 0 aliphatic carbocycles. The van der Waals surface area contributed by atoms with E-state index in [9.17, 15) is 9.59 Å². The molecule has 0 fully saturated rings. The number of esters is 1. The van der Waals surface area contributed by atoms with Crippen LogP contribution in [0.15, 0.2) is 66.1 Å². The van der Waals surface area contributed by atoms with Gasteiger partial charge in [-0.15, -0.1) is 0 Å². The highest BCUT2D eigenvalue weighted by molar-refractivity contribution is 6.26. The summed E-state index contributed by atoms with van der Waals surface area (Å²) in [6, 6.07) is 9.13. The summed E-state index contributed by atoms with van der Waals surface area (Å²) in [4.78, 5) is 32.8. The van der Waals surface area contributed by atoms with Crippen molar-refractivity contribution in [3.8, 4) is 0 Å². The molecule has 4 aromatic rings. The number of ketones is 1. The number of H-pyrrole nitrogens is 2. The number of hydrogen-bond donors (Lipinski definition) is 3. The topological polar surface area (TPSA) is 122 Å². The van der Waals surface area contributed by atoms with E-state index < -0.39 is 11.8 Å². The van der Waals surface area contributed by atoms with Crippen molar-refractivity contribution in [3.05, 3.63) is 71.7 Å². The third kappa shape index (κ3) is 3.31. The third-order valence-electron chi connectivity index (χ3n) is 4.84. The van der Waals surface area contributed by atoms with Gasteiger partial charge in [-0.2, -0.15) is 5.10 Å². The molecule has 0 spiro atoms. The number of aromatic nitrogens is 4. The monoisotopic (exact) mass is 415 g/mol. The van der Waals surface area contributed by atoms with Crippen LogP contribution in [0, 0.1) is 0 Å². The number of aromatic amines is 2. The van der Waals surface area contributed by atoms with Crippen LogP contribution in [0.25, 0.3) is 28.0 Å². The van der Waals surface area contributed by atoms with Crippen molar-refractivity contribution in [2.75, 3.05) is 11.9 Å². The van der Waals surface area contributed by atoms with Gasteiger partial charge in [-0.3, -0.25) is 9.89 Å². The number of ether oxygens (including phenoxy) is 2. The fourth-order valence-electron chi connectivity index (χ4n) is 3.39. The third-order valence-corrected chi connectivity index (χ3v) is 4.84. The Balaban J connectivity index is 1.51. The number of allylic oxidation sites excluding steroid dienone is 1. The molecule has 3 N–H and O–H groups in total. The maximum Gasteiger partial charge on any atom is 0.347 e. The molecular formula is C22H17N5O4. The molecule has 1 aromatic carbocycles. The van der Waals surface area contributed by atoms with Crippen LogP contribution < -0.4 is 5.32 Å². The number of carbonyl (C=O) groups excluding carboxylic acids is 2. The second kappa shape index (κ2) is 7.45. The first-order chi connectivity index (χ1) is 15.1. The normalized spacial score (nSPS) is 15.1. The predicted octanol–water partition coefficient (Wildman–Crippen LogP) is 3.27. The van der Waals surface area contributed by atoms with Crippen LogP contribution in [0.1, 0.15) is 12.5 Å². The van der Waals surface area contributed by atoms with Crippen LogP contribution in [0.4, 0.5) is 5.69 Å². The molecule has 154 valence electrons. The van der Waals surface area contributed by atoms with Crippen molar-refractivity contribution in [2.24, 2.45) is 0 Å². The maximum atomic E-state index is 13.0. The van der Waals surface area contributed by atoms with E-state index in [-0.39, 0.29) is 23.8 Å². The van der Waals surface area contributed by atoms with Crippen LogP contribution in [0.2, 0.25) is 0 Å². The summed E-state index contributed by atoms with van der Waals surface area (Å²) in [7, 11) is 0. The van der Waals surface area contributed by atoms with Gasteiger partial charge < -0.3 is 19.8 Å². The molecular weight excluding hydrogens is 398 g/mol. The zero-order chi connectivity index (χ0) is 21.4. The average Bonchev–Trinajstić information content (AvgIpc) is 3.47. The molecule has 0 amide bonds. The summed E-state index contributed by atoms with van der Waals surface area (Å²) in [6.45, 7) is 1.81. The lowest BCUT2D eigenvalue weighted by atomic mass is 10.1. The number of fused-ring (bicyclic) bond motifs is 2.